The second-order valence-electron chi connectivity index (χ2n) is 7.76. The number of hydrogen-bond donors (Lipinski definition) is 1. The summed E-state index contributed by atoms with van der Waals surface area (Å²) < 4.78 is 0. The van der Waals surface area contributed by atoms with E-state index < -0.39 is 5.41 Å². The van der Waals surface area contributed by atoms with Crippen molar-refractivity contribution in [1.29, 1.82) is 0 Å². The first-order valence-corrected chi connectivity index (χ1v) is 9.12. The third-order valence-electron chi connectivity index (χ3n) is 4.99. The molecule has 0 bridgehead atoms. The number of hydrogen-bond acceptors (Lipinski definition) is 3. The summed E-state index contributed by atoms with van der Waals surface area (Å²) >= 11 is 0. The van der Waals surface area contributed by atoms with Crippen molar-refractivity contribution in [2.45, 2.75) is 52.6 Å². The molecule has 0 saturated heterocycles. The highest BCUT2D eigenvalue weighted by atomic mass is 16.3. The summed E-state index contributed by atoms with van der Waals surface area (Å²) in [6, 6.07) is 13.1. The zero-order valence-electron chi connectivity index (χ0n) is 16.1. The van der Waals surface area contributed by atoms with E-state index >= 15 is 0 Å². The molecule has 2 aromatic rings. The molecule has 3 nitrogen and oxygen atoms in total. The monoisotopic (exact) mass is 352 g/mol. The summed E-state index contributed by atoms with van der Waals surface area (Å²) in [6.07, 6.45) is 2.31. The minimum atomic E-state index is -0.534. The van der Waals surface area contributed by atoms with Gasteiger partial charge in [-0.1, -0.05) is 50.2 Å². The summed E-state index contributed by atoms with van der Waals surface area (Å²) in [7, 11) is 0. The van der Waals surface area contributed by atoms with Crippen LogP contribution in [0.5, 0.6) is 0 Å². The standard InChI is InChI=1S/C23H28O3/c1-16(2)5-12-22(26)23(3,4)20-10-8-18(9-11-20)21-13-17(14-24)6-7-19(21)15-25/h6-11,13,15-16,24H,5,12,14H2,1-4H3. The minimum absolute atomic E-state index is 0.0679. The Morgan fingerprint density at radius 2 is 1.77 bits per heavy atom. The van der Waals surface area contributed by atoms with Crippen molar-refractivity contribution in [3.05, 3.63) is 59.2 Å². The van der Waals surface area contributed by atoms with Crippen LogP contribution in [-0.4, -0.2) is 17.2 Å². The Balaban J connectivity index is 2.30. The first-order valence-electron chi connectivity index (χ1n) is 9.12. The van der Waals surface area contributed by atoms with Crippen LogP contribution in [0.1, 0.15) is 62.0 Å². The molecule has 0 aliphatic carbocycles. The molecule has 0 aliphatic rings. The van der Waals surface area contributed by atoms with Crippen LogP contribution in [0.3, 0.4) is 0 Å². The lowest BCUT2D eigenvalue weighted by atomic mass is 9.78. The van der Waals surface area contributed by atoms with E-state index in [2.05, 4.69) is 13.8 Å². The van der Waals surface area contributed by atoms with Crippen LogP contribution >= 0.6 is 0 Å². The highest BCUT2D eigenvalue weighted by molar-refractivity contribution is 5.90. The number of aldehydes is 1. The molecule has 0 unspecified atom stereocenters. The van der Waals surface area contributed by atoms with E-state index in [1.807, 2.05) is 44.2 Å². The van der Waals surface area contributed by atoms with Crippen molar-refractivity contribution in [2.75, 3.05) is 0 Å². The molecule has 0 fully saturated rings. The average molecular weight is 352 g/mol. The normalized spacial score (nSPS) is 11.6. The summed E-state index contributed by atoms with van der Waals surface area (Å²) in [4.78, 5) is 24.0. The van der Waals surface area contributed by atoms with Gasteiger partial charge in [0, 0.05) is 17.4 Å². The van der Waals surface area contributed by atoms with E-state index in [4.69, 9.17) is 0 Å². The molecule has 0 atom stereocenters. The Labute approximate surface area is 156 Å². The molecule has 1 N–H and O–H groups in total. The SMILES string of the molecule is CC(C)CCC(=O)C(C)(C)c1ccc(-c2cc(CO)ccc2C=O)cc1. The third kappa shape index (κ3) is 4.47. The van der Waals surface area contributed by atoms with Gasteiger partial charge >= 0.3 is 0 Å². The Morgan fingerprint density at radius 3 is 2.31 bits per heavy atom. The van der Waals surface area contributed by atoms with Crippen LogP contribution < -0.4 is 0 Å². The molecule has 0 heterocycles. The van der Waals surface area contributed by atoms with Crippen molar-refractivity contribution >= 4 is 12.1 Å². The second-order valence-corrected chi connectivity index (χ2v) is 7.76. The largest absolute Gasteiger partial charge is 0.392 e. The predicted octanol–water partition coefficient (Wildman–Crippen LogP) is 4.94. The lowest BCUT2D eigenvalue weighted by Gasteiger charge is -2.24. The smallest absolute Gasteiger partial charge is 0.150 e. The number of Topliss-reactive ketones (excluding diaryl/α,β-unsaturated/α-hetero) is 1. The first-order chi connectivity index (χ1) is 12.3. The molecule has 0 radical (unpaired) electrons. The van der Waals surface area contributed by atoms with Gasteiger partial charge in [-0.15, -0.1) is 0 Å². The third-order valence-corrected chi connectivity index (χ3v) is 4.99. The van der Waals surface area contributed by atoms with Gasteiger partial charge in [0.2, 0.25) is 0 Å². The summed E-state index contributed by atoms with van der Waals surface area (Å²) in [5.74, 6) is 0.757. The Bertz CT molecular complexity index is 771. The number of aliphatic hydroxyl groups excluding tert-OH is 1. The molecule has 2 aromatic carbocycles. The van der Waals surface area contributed by atoms with Gasteiger partial charge in [0.05, 0.1) is 6.61 Å². The fourth-order valence-electron chi connectivity index (χ4n) is 3.01. The molecule has 0 amide bonds. The maximum atomic E-state index is 12.6. The van der Waals surface area contributed by atoms with Crippen molar-refractivity contribution in [3.63, 3.8) is 0 Å². The Kier molecular flexibility index (Phi) is 6.49. The number of aliphatic hydroxyl groups is 1. The molecule has 2 rings (SSSR count). The zero-order chi connectivity index (χ0) is 19.3. The lowest BCUT2D eigenvalue weighted by molar-refractivity contribution is -0.123. The van der Waals surface area contributed by atoms with Gasteiger partial charge in [0.25, 0.3) is 0 Å². The van der Waals surface area contributed by atoms with E-state index in [0.29, 0.717) is 17.9 Å². The second kappa shape index (κ2) is 8.41. The van der Waals surface area contributed by atoms with Gasteiger partial charge in [-0.3, -0.25) is 9.59 Å². The van der Waals surface area contributed by atoms with Crippen molar-refractivity contribution < 1.29 is 14.7 Å². The summed E-state index contributed by atoms with van der Waals surface area (Å²) in [5.41, 5.74) is 3.48. The van der Waals surface area contributed by atoms with E-state index in [1.54, 1.807) is 12.1 Å². The number of ketones is 1. The van der Waals surface area contributed by atoms with Crippen LogP contribution in [-0.2, 0) is 16.8 Å². The molecule has 26 heavy (non-hydrogen) atoms. The van der Waals surface area contributed by atoms with Gasteiger partial charge in [-0.05, 0) is 54.5 Å². The molecule has 138 valence electrons. The summed E-state index contributed by atoms with van der Waals surface area (Å²) in [5, 5.41) is 9.35. The van der Waals surface area contributed by atoms with E-state index in [0.717, 1.165) is 35.0 Å². The molecule has 0 spiro atoms. The quantitative estimate of drug-likeness (QED) is 0.685. The Morgan fingerprint density at radius 1 is 1.12 bits per heavy atom. The van der Waals surface area contributed by atoms with Crippen molar-refractivity contribution in [2.24, 2.45) is 5.92 Å². The van der Waals surface area contributed by atoms with Gasteiger partial charge in [0.1, 0.15) is 5.78 Å². The fourth-order valence-corrected chi connectivity index (χ4v) is 3.01. The lowest BCUT2D eigenvalue weighted by Crippen LogP contribution is -2.29. The van der Waals surface area contributed by atoms with E-state index in [9.17, 15) is 14.7 Å². The van der Waals surface area contributed by atoms with E-state index in [1.165, 1.54) is 0 Å². The zero-order valence-corrected chi connectivity index (χ0v) is 16.1. The highest BCUT2D eigenvalue weighted by Gasteiger charge is 2.29. The van der Waals surface area contributed by atoms with Crippen LogP contribution in [0.25, 0.3) is 11.1 Å². The van der Waals surface area contributed by atoms with Crippen molar-refractivity contribution in [3.8, 4) is 11.1 Å². The topological polar surface area (TPSA) is 54.4 Å². The number of rotatable bonds is 8. The molecular weight excluding hydrogens is 324 g/mol. The Hall–Kier alpha value is -2.26. The van der Waals surface area contributed by atoms with E-state index in [-0.39, 0.29) is 12.4 Å². The van der Waals surface area contributed by atoms with Crippen LogP contribution in [0.2, 0.25) is 0 Å². The van der Waals surface area contributed by atoms with Crippen LogP contribution in [0.4, 0.5) is 0 Å². The minimum Gasteiger partial charge on any atom is -0.392 e. The van der Waals surface area contributed by atoms with Gasteiger partial charge in [0.15, 0.2) is 6.29 Å². The first kappa shape index (κ1) is 20.1. The molecule has 0 aliphatic heterocycles. The van der Waals surface area contributed by atoms with Gasteiger partial charge in [-0.25, -0.2) is 0 Å². The van der Waals surface area contributed by atoms with Crippen molar-refractivity contribution in [1.82, 2.24) is 0 Å². The van der Waals surface area contributed by atoms with Gasteiger partial charge in [-0.2, -0.15) is 0 Å². The number of carbonyl (C=O) groups excluding carboxylic acids is 2. The predicted molar refractivity (Wildman–Crippen MR) is 105 cm³/mol. The molecule has 0 saturated carbocycles. The molecule has 3 heteroatoms. The number of carbonyl (C=O) groups is 2. The van der Waals surface area contributed by atoms with Gasteiger partial charge < -0.3 is 5.11 Å². The maximum Gasteiger partial charge on any atom is 0.150 e. The fraction of sp³-hybridized carbons (Fsp3) is 0.391. The van der Waals surface area contributed by atoms with Crippen LogP contribution in [0.15, 0.2) is 42.5 Å². The number of benzene rings is 2. The molecule has 0 aromatic heterocycles. The summed E-state index contributed by atoms with van der Waals surface area (Å²) in [6.45, 7) is 8.11. The average Bonchev–Trinajstić information content (AvgIpc) is 2.65. The molecular formula is C23H28O3. The maximum absolute atomic E-state index is 12.6. The highest BCUT2D eigenvalue weighted by Crippen LogP contribution is 2.30. The van der Waals surface area contributed by atoms with Crippen LogP contribution in [0, 0.1) is 5.92 Å².